The van der Waals surface area contributed by atoms with Gasteiger partial charge in [0.25, 0.3) is 0 Å². The third-order valence-corrected chi connectivity index (χ3v) is 4.04. The minimum Gasteiger partial charge on any atom is -0.378 e. The molecule has 2 aliphatic heterocycles. The van der Waals surface area contributed by atoms with Crippen LogP contribution in [0.25, 0.3) is 0 Å². The Bertz CT molecular complexity index is 271. The second-order valence-corrected chi connectivity index (χ2v) is 5.36. The summed E-state index contributed by atoms with van der Waals surface area (Å²) >= 11 is 0. The third kappa shape index (κ3) is 3.67. The highest BCUT2D eigenvalue weighted by Crippen LogP contribution is 2.22. The molecule has 0 aromatic heterocycles. The van der Waals surface area contributed by atoms with E-state index in [4.69, 9.17) is 9.47 Å². The SMILES string of the molecule is COC1(CNC(=O)CC2CCNCC2)CCOC1. The Labute approximate surface area is 109 Å². The molecule has 0 aliphatic carbocycles. The van der Waals surface area contributed by atoms with Crippen LogP contribution in [0.2, 0.25) is 0 Å². The number of methoxy groups -OCH3 is 1. The molecule has 0 saturated carbocycles. The molecule has 0 radical (unpaired) electrons. The van der Waals surface area contributed by atoms with Crippen LogP contribution in [0.4, 0.5) is 0 Å². The molecule has 2 N–H and O–H groups in total. The van der Waals surface area contributed by atoms with E-state index in [-0.39, 0.29) is 11.5 Å². The number of rotatable bonds is 5. The smallest absolute Gasteiger partial charge is 0.220 e. The maximum atomic E-state index is 11.9. The van der Waals surface area contributed by atoms with E-state index in [9.17, 15) is 4.79 Å². The van der Waals surface area contributed by atoms with Gasteiger partial charge in [-0.25, -0.2) is 0 Å². The molecule has 0 aromatic carbocycles. The molecule has 2 rings (SSSR count). The molecule has 0 bridgehead atoms. The third-order valence-electron chi connectivity index (χ3n) is 4.04. The van der Waals surface area contributed by atoms with Crippen LogP contribution in [0.5, 0.6) is 0 Å². The van der Waals surface area contributed by atoms with Gasteiger partial charge in [0.1, 0.15) is 5.60 Å². The first-order valence-electron chi connectivity index (χ1n) is 6.84. The molecule has 1 atom stereocenters. The summed E-state index contributed by atoms with van der Waals surface area (Å²) < 4.78 is 10.8. The predicted molar refractivity (Wildman–Crippen MR) is 68.4 cm³/mol. The number of nitrogens with one attached hydrogen (secondary N) is 2. The van der Waals surface area contributed by atoms with E-state index in [1.54, 1.807) is 7.11 Å². The highest BCUT2D eigenvalue weighted by molar-refractivity contribution is 5.76. The molecule has 1 unspecified atom stereocenters. The average Bonchev–Trinajstić information content (AvgIpc) is 2.87. The fourth-order valence-electron chi connectivity index (χ4n) is 2.64. The molecule has 2 fully saturated rings. The molecule has 2 aliphatic rings. The van der Waals surface area contributed by atoms with Crippen molar-refractivity contribution in [3.05, 3.63) is 0 Å². The Morgan fingerprint density at radius 2 is 2.28 bits per heavy atom. The highest BCUT2D eigenvalue weighted by Gasteiger charge is 2.35. The topological polar surface area (TPSA) is 59.6 Å². The lowest BCUT2D eigenvalue weighted by Crippen LogP contribution is -2.45. The summed E-state index contributed by atoms with van der Waals surface area (Å²) in [7, 11) is 1.69. The molecular formula is C13H24N2O3. The van der Waals surface area contributed by atoms with Crippen molar-refractivity contribution in [1.29, 1.82) is 0 Å². The predicted octanol–water partition coefficient (Wildman–Crippen LogP) is 0.298. The van der Waals surface area contributed by atoms with Gasteiger partial charge in [-0.05, 0) is 31.8 Å². The van der Waals surface area contributed by atoms with Crippen LogP contribution in [0, 0.1) is 5.92 Å². The Morgan fingerprint density at radius 1 is 1.50 bits per heavy atom. The second kappa shape index (κ2) is 6.50. The minimum absolute atomic E-state index is 0.144. The monoisotopic (exact) mass is 256 g/mol. The number of hydrogen-bond donors (Lipinski definition) is 2. The Hall–Kier alpha value is -0.650. The summed E-state index contributed by atoms with van der Waals surface area (Å²) in [5.41, 5.74) is -0.302. The number of amides is 1. The standard InChI is InChI=1S/C13H24N2O3/c1-17-13(4-7-18-10-13)9-15-12(16)8-11-2-5-14-6-3-11/h11,14H,2-10H2,1H3,(H,15,16). The van der Waals surface area contributed by atoms with Crippen molar-refractivity contribution in [3.63, 3.8) is 0 Å². The van der Waals surface area contributed by atoms with Gasteiger partial charge in [0.05, 0.1) is 6.61 Å². The van der Waals surface area contributed by atoms with Gasteiger partial charge >= 0.3 is 0 Å². The van der Waals surface area contributed by atoms with E-state index in [0.29, 0.717) is 25.5 Å². The zero-order valence-corrected chi connectivity index (χ0v) is 11.2. The van der Waals surface area contributed by atoms with Crippen LogP contribution < -0.4 is 10.6 Å². The highest BCUT2D eigenvalue weighted by atomic mass is 16.5. The van der Waals surface area contributed by atoms with Crippen molar-refractivity contribution in [2.45, 2.75) is 31.3 Å². The van der Waals surface area contributed by atoms with E-state index in [1.807, 2.05) is 0 Å². The van der Waals surface area contributed by atoms with Crippen molar-refractivity contribution in [3.8, 4) is 0 Å². The van der Waals surface area contributed by atoms with E-state index >= 15 is 0 Å². The summed E-state index contributed by atoms with van der Waals surface area (Å²) in [6, 6.07) is 0. The van der Waals surface area contributed by atoms with Gasteiger partial charge in [0.15, 0.2) is 0 Å². The number of carbonyl (C=O) groups is 1. The molecule has 0 aromatic rings. The van der Waals surface area contributed by atoms with Crippen molar-refractivity contribution in [2.75, 3.05) is 40.0 Å². The molecular weight excluding hydrogens is 232 g/mol. The van der Waals surface area contributed by atoms with Crippen LogP contribution in [-0.4, -0.2) is 51.5 Å². The van der Waals surface area contributed by atoms with Gasteiger partial charge in [-0.2, -0.15) is 0 Å². The minimum atomic E-state index is -0.302. The molecule has 5 heteroatoms. The van der Waals surface area contributed by atoms with E-state index < -0.39 is 0 Å². The van der Waals surface area contributed by atoms with Gasteiger partial charge < -0.3 is 20.1 Å². The number of hydrogen-bond acceptors (Lipinski definition) is 4. The molecule has 2 saturated heterocycles. The lowest BCUT2D eigenvalue weighted by atomic mass is 9.94. The average molecular weight is 256 g/mol. The van der Waals surface area contributed by atoms with Crippen LogP contribution in [-0.2, 0) is 14.3 Å². The summed E-state index contributed by atoms with van der Waals surface area (Å²) in [5.74, 6) is 0.676. The fraction of sp³-hybridized carbons (Fsp3) is 0.923. The van der Waals surface area contributed by atoms with Gasteiger partial charge in [-0.1, -0.05) is 0 Å². The van der Waals surface area contributed by atoms with E-state index in [2.05, 4.69) is 10.6 Å². The van der Waals surface area contributed by atoms with Crippen molar-refractivity contribution in [2.24, 2.45) is 5.92 Å². The zero-order chi connectivity index (χ0) is 12.8. The summed E-state index contributed by atoms with van der Waals surface area (Å²) in [5, 5.41) is 6.31. The molecule has 2 heterocycles. The van der Waals surface area contributed by atoms with Crippen LogP contribution in [0.15, 0.2) is 0 Å². The molecule has 1 amide bonds. The zero-order valence-electron chi connectivity index (χ0n) is 11.2. The van der Waals surface area contributed by atoms with Crippen LogP contribution >= 0.6 is 0 Å². The lowest BCUT2D eigenvalue weighted by molar-refractivity contribution is -0.123. The largest absolute Gasteiger partial charge is 0.378 e. The molecule has 104 valence electrons. The van der Waals surface area contributed by atoms with E-state index in [1.165, 1.54) is 0 Å². The first-order valence-corrected chi connectivity index (χ1v) is 6.84. The van der Waals surface area contributed by atoms with Gasteiger partial charge in [0.2, 0.25) is 5.91 Å². The first-order chi connectivity index (χ1) is 8.74. The van der Waals surface area contributed by atoms with Crippen LogP contribution in [0.1, 0.15) is 25.7 Å². The van der Waals surface area contributed by atoms with Gasteiger partial charge in [-0.15, -0.1) is 0 Å². The van der Waals surface area contributed by atoms with Gasteiger partial charge in [-0.3, -0.25) is 4.79 Å². The summed E-state index contributed by atoms with van der Waals surface area (Å²) in [4.78, 5) is 11.9. The maximum absolute atomic E-state index is 11.9. The number of piperidine rings is 1. The summed E-state index contributed by atoms with van der Waals surface area (Å²) in [6.07, 6.45) is 3.71. The summed E-state index contributed by atoms with van der Waals surface area (Å²) in [6.45, 7) is 3.93. The number of carbonyl (C=O) groups excluding carboxylic acids is 1. The van der Waals surface area contributed by atoms with Crippen molar-refractivity contribution >= 4 is 5.91 Å². The molecule has 5 nitrogen and oxygen atoms in total. The Balaban J connectivity index is 1.70. The fourth-order valence-corrected chi connectivity index (χ4v) is 2.64. The lowest BCUT2D eigenvalue weighted by Gasteiger charge is -2.27. The number of ether oxygens (including phenoxy) is 2. The normalized spacial score (nSPS) is 29.4. The molecule has 0 spiro atoms. The first kappa shape index (κ1) is 13.8. The molecule has 18 heavy (non-hydrogen) atoms. The van der Waals surface area contributed by atoms with Crippen LogP contribution in [0.3, 0.4) is 0 Å². The Kier molecular flexibility index (Phi) is 4.97. The van der Waals surface area contributed by atoms with E-state index in [0.717, 1.165) is 39.0 Å². The quantitative estimate of drug-likeness (QED) is 0.742. The second-order valence-electron chi connectivity index (χ2n) is 5.36. The Morgan fingerprint density at radius 3 is 2.89 bits per heavy atom. The van der Waals surface area contributed by atoms with Crippen molar-refractivity contribution in [1.82, 2.24) is 10.6 Å². The van der Waals surface area contributed by atoms with Crippen molar-refractivity contribution < 1.29 is 14.3 Å². The maximum Gasteiger partial charge on any atom is 0.220 e. The van der Waals surface area contributed by atoms with Gasteiger partial charge in [0, 0.05) is 33.1 Å².